The van der Waals surface area contributed by atoms with E-state index in [1.807, 2.05) is 0 Å². The van der Waals surface area contributed by atoms with Gasteiger partial charge in [0.25, 0.3) is 5.56 Å². The van der Waals surface area contributed by atoms with E-state index in [1.165, 1.54) is 30.0 Å². The zero-order chi connectivity index (χ0) is 15.4. The Morgan fingerprint density at radius 1 is 1.29 bits per heavy atom. The molecule has 0 fully saturated rings. The van der Waals surface area contributed by atoms with E-state index in [4.69, 9.17) is 27.9 Å². The number of halogens is 2. The highest BCUT2D eigenvalue weighted by Crippen LogP contribution is 2.24. The first-order chi connectivity index (χ1) is 10.0. The summed E-state index contributed by atoms with van der Waals surface area (Å²) in [4.78, 5) is 23.8. The van der Waals surface area contributed by atoms with Crippen LogP contribution in [0.4, 0.5) is 5.69 Å². The number of carbonyl (C=O) groups is 1. The molecule has 0 saturated heterocycles. The summed E-state index contributed by atoms with van der Waals surface area (Å²) in [5.41, 5.74) is 0.134. The molecule has 7 heteroatoms. The van der Waals surface area contributed by atoms with Crippen molar-refractivity contribution in [3.05, 3.63) is 56.9 Å². The third kappa shape index (κ3) is 3.77. The van der Waals surface area contributed by atoms with Crippen LogP contribution in [0.5, 0.6) is 5.75 Å². The number of nitrogens with one attached hydrogen (secondary N) is 1. The van der Waals surface area contributed by atoms with Crippen LogP contribution < -0.4 is 15.6 Å². The molecule has 0 radical (unpaired) electrons. The number of aromatic nitrogens is 1. The van der Waals surface area contributed by atoms with Crippen molar-refractivity contribution < 1.29 is 9.53 Å². The summed E-state index contributed by atoms with van der Waals surface area (Å²) in [5.74, 6) is -0.177. The number of amides is 1. The van der Waals surface area contributed by atoms with Gasteiger partial charge in [0, 0.05) is 11.9 Å². The van der Waals surface area contributed by atoms with Gasteiger partial charge in [0.2, 0.25) is 5.91 Å². The Morgan fingerprint density at radius 3 is 2.71 bits per heavy atom. The van der Waals surface area contributed by atoms with Gasteiger partial charge < -0.3 is 14.6 Å². The maximum atomic E-state index is 11.9. The molecule has 2 aromatic rings. The Bertz CT molecular complexity index is 728. The number of ether oxygens (including phenoxy) is 1. The Hall–Kier alpha value is -1.98. The molecule has 0 atom stereocenters. The number of pyridine rings is 1. The summed E-state index contributed by atoms with van der Waals surface area (Å²) >= 11 is 11.7. The van der Waals surface area contributed by atoms with Crippen molar-refractivity contribution in [2.45, 2.75) is 6.54 Å². The zero-order valence-electron chi connectivity index (χ0n) is 11.1. The van der Waals surface area contributed by atoms with Crippen LogP contribution in [0.15, 0.2) is 41.3 Å². The third-order valence-electron chi connectivity index (χ3n) is 2.72. The maximum absolute atomic E-state index is 11.9. The molecule has 1 amide bonds. The molecule has 110 valence electrons. The van der Waals surface area contributed by atoms with Crippen molar-refractivity contribution in [1.29, 1.82) is 0 Å². The molecule has 0 spiro atoms. The van der Waals surface area contributed by atoms with Gasteiger partial charge in [0.05, 0.1) is 17.2 Å². The molecule has 21 heavy (non-hydrogen) atoms. The molecule has 0 aliphatic carbocycles. The number of hydrogen-bond donors (Lipinski definition) is 1. The van der Waals surface area contributed by atoms with Crippen LogP contribution in [0.1, 0.15) is 0 Å². The van der Waals surface area contributed by atoms with Crippen LogP contribution in [-0.4, -0.2) is 17.6 Å². The minimum absolute atomic E-state index is 0.129. The molecule has 0 aliphatic rings. The quantitative estimate of drug-likeness (QED) is 0.939. The van der Waals surface area contributed by atoms with E-state index in [9.17, 15) is 9.59 Å². The Balaban J connectivity index is 2.12. The third-order valence-corrected chi connectivity index (χ3v) is 3.46. The SMILES string of the molecule is COc1cccn(CC(=O)Nc2ccc(Cl)c(Cl)c2)c1=O. The number of nitrogens with zero attached hydrogens (tertiary/aromatic N) is 1. The minimum Gasteiger partial charge on any atom is -0.491 e. The lowest BCUT2D eigenvalue weighted by molar-refractivity contribution is -0.116. The molecule has 1 aromatic heterocycles. The van der Waals surface area contributed by atoms with Crippen LogP contribution in [0.2, 0.25) is 10.0 Å². The molecule has 1 aromatic carbocycles. The molecule has 0 unspecified atom stereocenters. The summed E-state index contributed by atoms with van der Waals surface area (Å²) in [6.07, 6.45) is 1.51. The Kier molecular flexibility index (Phi) is 4.88. The van der Waals surface area contributed by atoms with Crippen LogP contribution in [0.3, 0.4) is 0 Å². The van der Waals surface area contributed by atoms with Crippen LogP contribution in [0, 0.1) is 0 Å². The highest BCUT2D eigenvalue weighted by atomic mass is 35.5. The molecule has 0 bridgehead atoms. The molecule has 1 heterocycles. The molecular formula is C14H12Cl2N2O3. The largest absolute Gasteiger partial charge is 0.491 e. The van der Waals surface area contributed by atoms with Crippen LogP contribution in [0.25, 0.3) is 0 Å². The van der Waals surface area contributed by atoms with Crippen molar-refractivity contribution in [2.24, 2.45) is 0 Å². The average Bonchev–Trinajstić information content (AvgIpc) is 2.45. The molecule has 0 aliphatic heterocycles. The van der Waals surface area contributed by atoms with Crippen LogP contribution in [-0.2, 0) is 11.3 Å². The molecule has 1 N–H and O–H groups in total. The van der Waals surface area contributed by atoms with E-state index < -0.39 is 0 Å². The zero-order valence-corrected chi connectivity index (χ0v) is 12.6. The van der Waals surface area contributed by atoms with Gasteiger partial charge in [-0.1, -0.05) is 23.2 Å². The first-order valence-corrected chi connectivity index (χ1v) is 6.75. The summed E-state index contributed by atoms with van der Waals surface area (Å²) in [7, 11) is 1.40. The predicted molar refractivity (Wildman–Crippen MR) is 82.3 cm³/mol. The smallest absolute Gasteiger partial charge is 0.293 e. The second-order valence-electron chi connectivity index (χ2n) is 4.19. The Morgan fingerprint density at radius 2 is 2.05 bits per heavy atom. The van der Waals surface area contributed by atoms with E-state index in [1.54, 1.807) is 18.2 Å². The van der Waals surface area contributed by atoms with Gasteiger partial charge in [0.15, 0.2) is 5.75 Å². The Labute approximate surface area is 131 Å². The lowest BCUT2D eigenvalue weighted by Gasteiger charge is -2.09. The van der Waals surface area contributed by atoms with E-state index in [0.29, 0.717) is 15.7 Å². The predicted octanol–water partition coefficient (Wildman–Crippen LogP) is 2.80. The first kappa shape index (κ1) is 15.4. The monoisotopic (exact) mass is 326 g/mol. The molecule has 5 nitrogen and oxygen atoms in total. The average molecular weight is 327 g/mol. The topological polar surface area (TPSA) is 60.3 Å². The summed E-state index contributed by atoms with van der Waals surface area (Å²) in [5, 5.41) is 3.38. The van der Waals surface area contributed by atoms with E-state index in [-0.39, 0.29) is 23.8 Å². The highest BCUT2D eigenvalue weighted by molar-refractivity contribution is 6.42. The first-order valence-electron chi connectivity index (χ1n) is 5.99. The van der Waals surface area contributed by atoms with Crippen molar-refractivity contribution in [2.75, 3.05) is 12.4 Å². The highest BCUT2D eigenvalue weighted by Gasteiger charge is 2.08. The van der Waals surface area contributed by atoms with Gasteiger partial charge in [-0.3, -0.25) is 9.59 Å². The normalized spacial score (nSPS) is 10.2. The number of hydrogen-bond acceptors (Lipinski definition) is 3. The minimum atomic E-state index is -0.371. The molecule has 2 rings (SSSR count). The fourth-order valence-corrected chi connectivity index (χ4v) is 2.02. The lowest BCUT2D eigenvalue weighted by atomic mass is 10.3. The lowest BCUT2D eigenvalue weighted by Crippen LogP contribution is -2.27. The van der Waals surface area contributed by atoms with Gasteiger partial charge in [0.1, 0.15) is 6.54 Å². The summed E-state index contributed by atoms with van der Waals surface area (Å²) in [6.45, 7) is -0.129. The van der Waals surface area contributed by atoms with Gasteiger partial charge in [-0.25, -0.2) is 0 Å². The van der Waals surface area contributed by atoms with Gasteiger partial charge in [-0.05, 0) is 30.3 Å². The fraction of sp³-hybridized carbons (Fsp3) is 0.143. The summed E-state index contributed by atoms with van der Waals surface area (Å²) < 4.78 is 6.17. The van der Waals surface area contributed by atoms with Crippen LogP contribution >= 0.6 is 23.2 Å². The maximum Gasteiger partial charge on any atom is 0.293 e. The van der Waals surface area contributed by atoms with Gasteiger partial charge in [-0.15, -0.1) is 0 Å². The second-order valence-corrected chi connectivity index (χ2v) is 5.00. The standard InChI is InChI=1S/C14H12Cl2N2O3/c1-21-12-3-2-6-18(14(12)20)8-13(19)17-9-4-5-10(15)11(16)7-9/h2-7H,8H2,1H3,(H,17,19). The fourth-order valence-electron chi connectivity index (χ4n) is 1.72. The van der Waals surface area contributed by atoms with Crippen molar-refractivity contribution in [1.82, 2.24) is 4.57 Å². The summed E-state index contributed by atoms with van der Waals surface area (Å²) in [6, 6.07) is 7.91. The van der Waals surface area contributed by atoms with Gasteiger partial charge in [-0.2, -0.15) is 0 Å². The van der Waals surface area contributed by atoms with Crippen molar-refractivity contribution in [3.63, 3.8) is 0 Å². The van der Waals surface area contributed by atoms with E-state index >= 15 is 0 Å². The molecular weight excluding hydrogens is 315 g/mol. The van der Waals surface area contributed by atoms with Crippen molar-refractivity contribution >= 4 is 34.8 Å². The number of carbonyl (C=O) groups excluding carboxylic acids is 1. The number of rotatable bonds is 4. The van der Waals surface area contributed by atoms with Crippen molar-refractivity contribution in [3.8, 4) is 5.75 Å². The van der Waals surface area contributed by atoms with E-state index in [2.05, 4.69) is 5.32 Å². The molecule has 0 saturated carbocycles. The second kappa shape index (κ2) is 6.65. The van der Waals surface area contributed by atoms with Gasteiger partial charge >= 0.3 is 0 Å². The number of methoxy groups -OCH3 is 1. The van der Waals surface area contributed by atoms with E-state index in [0.717, 1.165) is 0 Å². The number of benzene rings is 1. The number of anilines is 1.